The summed E-state index contributed by atoms with van der Waals surface area (Å²) in [5, 5.41) is 33.7. The van der Waals surface area contributed by atoms with E-state index in [1.165, 1.54) is 17.0 Å². The van der Waals surface area contributed by atoms with E-state index in [2.05, 4.69) is 15.6 Å². The molecule has 0 spiro atoms. The van der Waals surface area contributed by atoms with Gasteiger partial charge in [-0.25, -0.2) is 4.79 Å². The quantitative estimate of drug-likeness (QED) is 0.159. The van der Waals surface area contributed by atoms with E-state index in [0.717, 1.165) is 16.5 Å². The summed E-state index contributed by atoms with van der Waals surface area (Å²) in [6.45, 7) is 0.291. The zero-order valence-electron chi connectivity index (χ0n) is 22.7. The van der Waals surface area contributed by atoms with Gasteiger partial charge in [-0.05, 0) is 48.6 Å². The van der Waals surface area contributed by atoms with Gasteiger partial charge in [-0.15, -0.1) is 0 Å². The van der Waals surface area contributed by atoms with E-state index in [0.29, 0.717) is 24.9 Å². The molecule has 8 N–H and O–H groups in total. The van der Waals surface area contributed by atoms with Crippen molar-refractivity contribution in [3.05, 3.63) is 65.9 Å². The molecule has 3 amide bonds. The molecule has 1 aromatic heterocycles. The number of H-pyrrole nitrogens is 1. The number of carbonyl (C=O) groups excluding carboxylic acids is 3. The van der Waals surface area contributed by atoms with Crippen molar-refractivity contribution in [2.24, 2.45) is 5.73 Å². The van der Waals surface area contributed by atoms with E-state index < -0.39 is 60.2 Å². The van der Waals surface area contributed by atoms with Crippen LogP contribution in [0.3, 0.4) is 0 Å². The van der Waals surface area contributed by atoms with Gasteiger partial charge in [-0.3, -0.25) is 19.2 Å². The number of nitrogens with one attached hydrogen (secondary N) is 3. The first-order valence-corrected chi connectivity index (χ1v) is 13.5. The molecule has 0 bridgehead atoms. The van der Waals surface area contributed by atoms with Crippen molar-refractivity contribution < 1.29 is 39.3 Å². The Morgan fingerprint density at radius 3 is 2.38 bits per heavy atom. The predicted molar refractivity (Wildman–Crippen MR) is 150 cm³/mol. The predicted octanol–water partition coefficient (Wildman–Crippen LogP) is 0.506. The van der Waals surface area contributed by atoms with Crippen LogP contribution in [0.2, 0.25) is 0 Å². The highest BCUT2D eigenvalue weighted by Gasteiger charge is 2.38. The molecule has 1 fully saturated rings. The lowest BCUT2D eigenvalue weighted by molar-refractivity contribution is -0.147. The Hall–Kier alpha value is -4.91. The summed E-state index contributed by atoms with van der Waals surface area (Å²) < 4.78 is 0. The zero-order chi connectivity index (χ0) is 30.4. The number of aliphatic carboxylic acids is 2. The number of carboxylic acid groups (broad SMARTS) is 2. The number of para-hydroxylation sites is 1. The highest BCUT2D eigenvalue weighted by Crippen LogP contribution is 2.22. The van der Waals surface area contributed by atoms with Gasteiger partial charge in [0.2, 0.25) is 17.7 Å². The number of aromatic nitrogens is 1. The molecule has 1 saturated heterocycles. The van der Waals surface area contributed by atoms with Gasteiger partial charge in [0.25, 0.3) is 0 Å². The Bertz CT molecular complexity index is 1470. The molecule has 0 saturated carbocycles. The molecule has 0 aliphatic carbocycles. The number of carbonyl (C=O) groups is 5. The molecular weight excluding hydrogens is 546 g/mol. The average Bonchev–Trinajstić information content (AvgIpc) is 3.60. The largest absolute Gasteiger partial charge is 0.508 e. The van der Waals surface area contributed by atoms with Crippen LogP contribution in [0.1, 0.15) is 30.4 Å². The third-order valence-electron chi connectivity index (χ3n) is 7.27. The molecule has 4 atom stereocenters. The van der Waals surface area contributed by atoms with E-state index in [1.54, 1.807) is 18.3 Å². The number of likely N-dealkylation sites (tertiary alicyclic amines) is 1. The van der Waals surface area contributed by atoms with Crippen LogP contribution in [-0.2, 0) is 36.8 Å². The molecule has 13 heteroatoms. The van der Waals surface area contributed by atoms with Crippen molar-refractivity contribution in [1.29, 1.82) is 0 Å². The van der Waals surface area contributed by atoms with Crippen LogP contribution in [0.25, 0.3) is 10.9 Å². The minimum Gasteiger partial charge on any atom is -0.508 e. The lowest BCUT2D eigenvalue weighted by atomic mass is 10.0. The number of hydrogen-bond donors (Lipinski definition) is 7. The smallest absolute Gasteiger partial charge is 0.326 e. The normalized spacial score (nSPS) is 16.9. The Labute approximate surface area is 240 Å². The Morgan fingerprint density at radius 1 is 0.976 bits per heavy atom. The van der Waals surface area contributed by atoms with E-state index in [1.807, 2.05) is 24.3 Å². The first kappa shape index (κ1) is 30.1. The second-order valence-electron chi connectivity index (χ2n) is 10.3. The fourth-order valence-corrected chi connectivity index (χ4v) is 5.13. The molecule has 2 aromatic carbocycles. The number of nitrogens with zero attached hydrogens (tertiary/aromatic N) is 1. The SMILES string of the molecule is NC(Cc1ccc(O)cc1)C(=O)N1CCCC1C(=O)NC(Cc1c[nH]c2ccccc12)C(=O)NC(CC(=O)O)C(=O)O. The van der Waals surface area contributed by atoms with Gasteiger partial charge in [-0.1, -0.05) is 30.3 Å². The molecule has 4 rings (SSSR count). The first-order chi connectivity index (χ1) is 20.0. The summed E-state index contributed by atoms with van der Waals surface area (Å²) in [5.74, 6) is -4.78. The molecule has 1 aliphatic rings. The number of aromatic hydroxyl groups is 1. The number of fused-ring (bicyclic) bond motifs is 1. The van der Waals surface area contributed by atoms with Crippen molar-refractivity contribution in [3.63, 3.8) is 0 Å². The third kappa shape index (κ3) is 7.23. The molecule has 1 aliphatic heterocycles. The lowest BCUT2D eigenvalue weighted by Crippen LogP contribution is -2.57. The maximum absolute atomic E-state index is 13.5. The topological polar surface area (TPSA) is 215 Å². The van der Waals surface area contributed by atoms with Gasteiger partial charge in [0.1, 0.15) is 23.9 Å². The van der Waals surface area contributed by atoms with E-state index in [4.69, 9.17) is 10.8 Å². The monoisotopic (exact) mass is 579 g/mol. The van der Waals surface area contributed by atoms with E-state index in [9.17, 15) is 34.2 Å². The number of carboxylic acids is 2. The minimum absolute atomic E-state index is 0.0258. The van der Waals surface area contributed by atoms with E-state index >= 15 is 0 Å². The highest BCUT2D eigenvalue weighted by atomic mass is 16.4. The number of phenolic OH excluding ortho intramolecular Hbond substituents is 1. The average molecular weight is 580 g/mol. The Balaban J connectivity index is 1.51. The summed E-state index contributed by atoms with van der Waals surface area (Å²) in [4.78, 5) is 67.3. The molecule has 13 nitrogen and oxygen atoms in total. The Kier molecular flexibility index (Phi) is 9.42. The third-order valence-corrected chi connectivity index (χ3v) is 7.27. The van der Waals surface area contributed by atoms with Crippen molar-refractivity contribution >= 4 is 40.6 Å². The molecular formula is C29H33N5O8. The first-order valence-electron chi connectivity index (χ1n) is 13.5. The summed E-state index contributed by atoms with van der Waals surface area (Å²) in [7, 11) is 0. The van der Waals surface area contributed by atoms with Crippen LogP contribution in [0, 0.1) is 0 Å². The number of amides is 3. The Morgan fingerprint density at radius 2 is 1.69 bits per heavy atom. The molecule has 0 radical (unpaired) electrons. The van der Waals surface area contributed by atoms with Crippen molar-refractivity contribution in [3.8, 4) is 5.75 Å². The van der Waals surface area contributed by atoms with Crippen LogP contribution >= 0.6 is 0 Å². The molecule has 42 heavy (non-hydrogen) atoms. The number of rotatable bonds is 12. The van der Waals surface area contributed by atoms with Crippen molar-refractivity contribution in [1.82, 2.24) is 20.5 Å². The van der Waals surface area contributed by atoms with Gasteiger partial charge in [0.15, 0.2) is 0 Å². The number of nitrogens with two attached hydrogens (primary N) is 1. The maximum Gasteiger partial charge on any atom is 0.326 e. The van der Waals surface area contributed by atoms with Gasteiger partial charge >= 0.3 is 11.9 Å². The zero-order valence-corrected chi connectivity index (χ0v) is 22.7. The molecule has 2 heterocycles. The second kappa shape index (κ2) is 13.2. The standard InChI is InChI=1S/C29H33N5O8/c30-20(12-16-7-9-18(35)10-8-16)28(40)34-11-3-6-24(34)27(39)32-22(26(38)33-23(29(41)42)14-25(36)37)13-17-15-31-21-5-2-1-4-19(17)21/h1-2,4-5,7-10,15,20,22-24,31,35H,3,6,11-14,30H2,(H,32,39)(H,33,38)(H,36,37)(H,41,42). The van der Waals surface area contributed by atoms with Crippen LogP contribution in [0.15, 0.2) is 54.7 Å². The number of phenols is 1. The molecule has 222 valence electrons. The van der Waals surface area contributed by atoms with Crippen molar-refractivity contribution in [2.45, 2.75) is 56.3 Å². The number of benzene rings is 2. The van der Waals surface area contributed by atoms with Crippen molar-refractivity contribution in [2.75, 3.05) is 6.54 Å². The molecule has 4 unspecified atom stereocenters. The van der Waals surface area contributed by atoms with Gasteiger partial charge in [0, 0.05) is 30.1 Å². The van der Waals surface area contributed by atoms with Gasteiger partial charge < -0.3 is 41.6 Å². The summed E-state index contributed by atoms with van der Waals surface area (Å²) in [6, 6.07) is 8.76. The van der Waals surface area contributed by atoms with Crippen LogP contribution in [-0.4, -0.2) is 85.6 Å². The number of hydrogen-bond acceptors (Lipinski definition) is 7. The summed E-state index contributed by atoms with van der Waals surface area (Å²) >= 11 is 0. The summed E-state index contributed by atoms with van der Waals surface area (Å²) in [6.07, 6.45) is 1.86. The summed E-state index contributed by atoms with van der Waals surface area (Å²) in [5.41, 5.74) is 8.39. The van der Waals surface area contributed by atoms with Crippen LogP contribution in [0.4, 0.5) is 0 Å². The lowest BCUT2D eigenvalue weighted by Gasteiger charge is -2.28. The van der Waals surface area contributed by atoms with Crippen LogP contribution < -0.4 is 16.4 Å². The maximum atomic E-state index is 13.5. The second-order valence-corrected chi connectivity index (χ2v) is 10.3. The fraction of sp³-hybridized carbons (Fsp3) is 0.345. The van der Waals surface area contributed by atoms with Gasteiger partial charge in [-0.2, -0.15) is 0 Å². The highest BCUT2D eigenvalue weighted by molar-refractivity contribution is 5.95. The van der Waals surface area contributed by atoms with Gasteiger partial charge in [0.05, 0.1) is 12.5 Å². The number of aromatic amines is 1. The molecule has 3 aromatic rings. The van der Waals surface area contributed by atoms with E-state index in [-0.39, 0.29) is 18.6 Å². The fourth-order valence-electron chi connectivity index (χ4n) is 5.13. The van der Waals surface area contributed by atoms with Crippen LogP contribution in [0.5, 0.6) is 5.75 Å². The minimum atomic E-state index is -1.71.